The van der Waals surface area contributed by atoms with E-state index in [1.54, 1.807) is 0 Å². The van der Waals surface area contributed by atoms with Crippen molar-refractivity contribution in [1.82, 2.24) is 5.32 Å². The molecule has 3 nitrogen and oxygen atoms in total. The van der Waals surface area contributed by atoms with Crippen molar-refractivity contribution in [1.29, 1.82) is 0 Å². The first-order chi connectivity index (χ1) is 8.85. The molecule has 0 bridgehead atoms. The van der Waals surface area contributed by atoms with Crippen LogP contribution in [0.2, 0.25) is 5.02 Å². The Kier molecular flexibility index (Phi) is 4.54. The maximum Gasteiger partial charge on any atom is 0.148 e. The molecule has 1 aromatic rings. The number of nitrogens with one attached hydrogen (secondary N) is 1. The van der Waals surface area contributed by atoms with Gasteiger partial charge in [-0.25, -0.2) is 8.42 Å². The fourth-order valence-electron chi connectivity index (χ4n) is 2.41. The van der Waals surface area contributed by atoms with Gasteiger partial charge in [0.25, 0.3) is 0 Å². The predicted molar refractivity (Wildman–Crippen MR) is 79.2 cm³/mol. The molecule has 0 aromatic heterocycles. The van der Waals surface area contributed by atoms with Crippen LogP contribution in [-0.2, 0) is 9.84 Å². The van der Waals surface area contributed by atoms with Gasteiger partial charge in [0.2, 0.25) is 0 Å². The minimum absolute atomic E-state index is 0.0451. The van der Waals surface area contributed by atoms with Crippen LogP contribution in [0.25, 0.3) is 0 Å². The average Bonchev–Trinajstić information content (AvgIpc) is 3.08. The number of sulfone groups is 1. The van der Waals surface area contributed by atoms with Crippen molar-refractivity contribution in [2.75, 3.05) is 12.0 Å². The van der Waals surface area contributed by atoms with E-state index in [-0.39, 0.29) is 17.8 Å². The SMILES string of the molecule is CC(CS(C)(=O)=O)NC(c1ccc(Cl)cc1)C1CC1. The molecule has 0 amide bonds. The summed E-state index contributed by atoms with van der Waals surface area (Å²) in [6.45, 7) is 1.92. The van der Waals surface area contributed by atoms with Crippen LogP contribution in [-0.4, -0.2) is 26.5 Å². The van der Waals surface area contributed by atoms with Gasteiger partial charge < -0.3 is 5.32 Å². The summed E-state index contributed by atoms with van der Waals surface area (Å²) in [5.41, 5.74) is 1.19. The maximum atomic E-state index is 11.3. The third-order valence-corrected chi connectivity index (χ3v) is 4.70. The molecule has 5 heteroatoms. The van der Waals surface area contributed by atoms with Crippen LogP contribution in [0.4, 0.5) is 0 Å². The Labute approximate surface area is 120 Å². The quantitative estimate of drug-likeness (QED) is 0.879. The molecule has 0 saturated heterocycles. The molecular weight excluding hydrogens is 282 g/mol. The van der Waals surface area contributed by atoms with E-state index in [2.05, 4.69) is 5.32 Å². The second kappa shape index (κ2) is 5.81. The highest BCUT2D eigenvalue weighted by atomic mass is 35.5. The van der Waals surface area contributed by atoms with Gasteiger partial charge in [0.15, 0.2) is 0 Å². The van der Waals surface area contributed by atoms with Crippen LogP contribution in [0.5, 0.6) is 0 Å². The molecule has 2 atom stereocenters. The van der Waals surface area contributed by atoms with Gasteiger partial charge >= 0.3 is 0 Å². The van der Waals surface area contributed by atoms with Crippen molar-refractivity contribution in [2.24, 2.45) is 5.92 Å². The zero-order valence-electron chi connectivity index (χ0n) is 11.3. The van der Waals surface area contributed by atoms with Gasteiger partial charge in [-0.3, -0.25) is 0 Å². The van der Waals surface area contributed by atoms with Crippen molar-refractivity contribution in [2.45, 2.75) is 31.8 Å². The van der Waals surface area contributed by atoms with E-state index in [0.29, 0.717) is 5.92 Å². The Balaban J connectivity index is 2.06. The molecular formula is C14H20ClNO2S. The van der Waals surface area contributed by atoms with Gasteiger partial charge in [-0.05, 0) is 43.4 Å². The number of hydrogen-bond acceptors (Lipinski definition) is 3. The summed E-state index contributed by atoms with van der Waals surface area (Å²) in [4.78, 5) is 0. The topological polar surface area (TPSA) is 46.2 Å². The van der Waals surface area contributed by atoms with Crippen LogP contribution in [0.1, 0.15) is 31.4 Å². The zero-order chi connectivity index (χ0) is 14.0. The summed E-state index contributed by atoms with van der Waals surface area (Å²) >= 11 is 5.90. The smallest absolute Gasteiger partial charge is 0.148 e. The number of benzene rings is 1. The molecule has 106 valence electrons. The Morgan fingerprint density at radius 3 is 2.37 bits per heavy atom. The van der Waals surface area contributed by atoms with Crippen molar-refractivity contribution in [3.8, 4) is 0 Å². The lowest BCUT2D eigenvalue weighted by molar-refractivity contribution is 0.435. The first-order valence-corrected chi connectivity index (χ1v) is 8.98. The monoisotopic (exact) mass is 301 g/mol. The van der Waals surface area contributed by atoms with E-state index in [0.717, 1.165) is 5.02 Å². The molecule has 1 aromatic carbocycles. The summed E-state index contributed by atoms with van der Waals surface area (Å²) < 4.78 is 22.7. The number of rotatable bonds is 6. The van der Waals surface area contributed by atoms with Gasteiger partial charge in [-0.1, -0.05) is 23.7 Å². The van der Waals surface area contributed by atoms with Crippen molar-refractivity contribution in [3.63, 3.8) is 0 Å². The Hall–Kier alpha value is -0.580. The third-order valence-electron chi connectivity index (χ3n) is 3.34. The molecule has 19 heavy (non-hydrogen) atoms. The Morgan fingerprint density at radius 1 is 1.32 bits per heavy atom. The van der Waals surface area contributed by atoms with Crippen LogP contribution in [0.15, 0.2) is 24.3 Å². The summed E-state index contributed by atoms with van der Waals surface area (Å²) in [6, 6.07) is 7.99. The highest BCUT2D eigenvalue weighted by Crippen LogP contribution is 2.41. The third kappa shape index (κ3) is 4.79. The molecule has 0 spiro atoms. The van der Waals surface area contributed by atoms with Gasteiger partial charge in [0.1, 0.15) is 9.84 Å². The molecule has 0 radical (unpaired) electrons. The standard InChI is InChI=1S/C14H20ClNO2S/c1-10(9-19(2,17)18)16-14(11-3-4-11)12-5-7-13(15)8-6-12/h5-8,10-11,14,16H,3-4,9H2,1-2H3. The maximum absolute atomic E-state index is 11.3. The van der Waals surface area contributed by atoms with Crippen LogP contribution in [0, 0.1) is 5.92 Å². The van der Waals surface area contributed by atoms with Crippen LogP contribution >= 0.6 is 11.6 Å². The van der Waals surface area contributed by atoms with Gasteiger partial charge in [-0.15, -0.1) is 0 Å². The number of halogens is 1. The minimum atomic E-state index is -2.95. The van der Waals surface area contributed by atoms with E-state index in [1.807, 2.05) is 31.2 Å². The molecule has 1 aliphatic rings. The van der Waals surface area contributed by atoms with Gasteiger partial charge in [0, 0.05) is 23.4 Å². The van der Waals surface area contributed by atoms with E-state index in [4.69, 9.17) is 11.6 Å². The fraction of sp³-hybridized carbons (Fsp3) is 0.571. The molecule has 2 unspecified atom stereocenters. The first kappa shape index (κ1) is 14.8. The lowest BCUT2D eigenvalue weighted by Gasteiger charge is -2.23. The van der Waals surface area contributed by atoms with Crippen molar-refractivity contribution in [3.05, 3.63) is 34.9 Å². The Bertz CT molecular complexity index is 523. The average molecular weight is 302 g/mol. The van der Waals surface area contributed by atoms with E-state index in [1.165, 1.54) is 24.7 Å². The molecule has 1 fully saturated rings. The van der Waals surface area contributed by atoms with Crippen LogP contribution in [0.3, 0.4) is 0 Å². The molecule has 1 N–H and O–H groups in total. The summed E-state index contributed by atoms with van der Waals surface area (Å²) in [6.07, 6.45) is 3.68. The van der Waals surface area contributed by atoms with Crippen LogP contribution < -0.4 is 5.32 Å². The highest BCUT2D eigenvalue weighted by molar-refractivity contribution is 7.90. The van der Waals surface area contributed by atoms with E-state index in [9.17, 15) is 8.42 Å². The fourth-order valence-corrected chi connectivity index (χ4v) is 3.54. The zero-order valence-corrected chi connectivity index (χ0v) is 12.8. The van der Waals surface area contributed by atoms with Crippen molar-refractivity contribution >= 4 is 21.4 Å². The Morgan fingerprint density at radius 2 is 1.89 bits per heavy atom. The summed E-state index contributed by atoms with van der Waals surface area (Å²) in [5, 5.41) is 4.17. The number of hydrogen-bond donors (Lipinski definition) is 1. The predicted octanol–water partition coefficient (Wildman–Crippen LogP) is 2.81. The molecule has 2 rings (SSSR count). The highest BCUT2D eigenvalue weighted by Gasteiger charge is 2.33. The summed E-state index contributed by atoms with van der Waals surface area (Å²) in [7, 11) is -2.95. The second-order valence-electron chi connectivity index (χ2n) is 5.53. The molecule has 0 heterocycles. The van der Waals surface area contributed by atoms with E-state index >= 15 is 0 Å². The lowest BCUT2D eigenvalue weighted by Crippen LogP contribution is -2.36. The normalized spacial score (nSPS) is 19.1. The second-order valence-corrected chi connectivity index (χ2v) is 8.15. The summed E-state index contributed by atoms with van der Waals surface area (Å²) in [5.74, 6) is 0.785. The largest absolute Gasteiger partial charge is 0.306 e. The van der Waals surface area contributed by atoms with E-state index < -0.39 is 9.84 Å². The molecule has 1 aliphatic carbocycles. The minimum Gasteiger partial charge on any atom is -0.306 e. The lowest BCUT2D eigenvalue weighted by atomic mass is 10.0. The molecule has 0 aliphatic heterocycles. The molecule has 1 saturated carbocycles. The van der Waals surface area contributed by atoms with Gasteiger partial charge in [-0.2, -0.15) is 0 Å². The van der Waals surface area contributed by atoms with Crippen molar-refractivity contribution < 1.29 is 8.42 Å². The first-order valence-electron chi connectivity index (χ1n) is 6.54. The van der Waals surface area contributed by atoms with Gasteiger partial charge in [0.05, 0.1) is 5.75 Å².